The van der Waals surface area contributed by atoms with Crippen LogP contribution in [0.5, 0.6) is 0 Å². The van der Waals surface area contributed by atoms with E-state index in [1.54, 1.807) is 0 Å². The van der Waals surface area contributed by atoms with E-state index in [4.69, 9.17) is 5.73 Å². The van der Waals surface area contributed by atoms with Crippen LogP contribution in [0.2, 0.25) is 0 Å². The summed E-state index contributed by atoms with van der Waals surface area (Å²) >= 11 is 0. The van der Waals surface area contributed by atoms with Gasteiger partial charge in [-0.1, -0.05) is 30.3 Å². The highest BCUT2D eigenvalue weighted by molar-refractivity contribution is 5.85. The van der Waals surface area contributed by atoms with Crippen molar-refractivity contribution in [3.63, 3.8) is 0 Å². The molecule has 2 heterocycles. The van der Waals surface area contributed by atoms with Gasteiger partial charge in [0.1, 0.15) is 17.2 Å². The number of rotatable bonds is 1. The first-order valence-electron chi connectivity index (χ1n) is 5.56. The molecule has 0 bridgehead atoms. The van der Waals surface area contributed by atoms with Gasteiger partial charge in [0.2, 0.25) is 0 Å². The van der Waals surface area contributed by atoms with Crippen LogP contribution in [0.1, 0.15) is 5.56 Å². The third-order valence-corrected chi connectivity index (χ3v) is 2.97. The summed E-state index contributed by atoms with van der Waals surface area (Å²) in [6.45, 7) is 2.07. The molecule has 3 aromatic rings. The topological polar surface area (TPSA) is 43.3 Å². The number of benzene rings is 1. The Hall–Kier alpha value is -2.00. The van der Waals surface area contributed by atoms with Crippen LogP contribution in [0.25, 0.3) is 16.9 Å². The molecule has 0 amide bonds. The molecule has 0 fully saturated rings. The molecule has 2 N–H and O–H groups in total. The molecule has 0 radical (unpaired) electrons. The van der Waals surface area contributed by atoms with Crippen LogP contribution < -0.4 is 5.73 Å². The Kier molecular flexibility index (Phi) is 3.26. The third-order valence-electron chi connectivity index (χ3n) is 2.97. The second-order valence-corrected chi connectivity index (χ2v) is 4.09. The van der Waals surface area contributed by atoms with Crippen LogP contribution in [-0.4, -0.2) is 9.38 Å². The first kappa shape index (κ1) is 12.5. The van der Waals surface area contributed by atoms with E-state index in [0.717, 1.165) is 16.9 Å². The van der Waals surface area contributed by atoms with E-state index in [1.807, 2.05) is 47.0 Å². The average molecular weight is 260 g/mol. The number of hydrogen-bond acceptors (Lipinski definition) is 2. The third kappa shape index (κ3) is 1.83. The van der Waals surface area contributed by atoms with Crippen molar-refractivity contribution in [2.24, 2.45) is 0 Å². The number of nitrogens with two attached hydrogens (primary N) is 1. The molecule has 3 rings (SSSR count). The Morgan fingerprint density at radius 1 is 1.06 bits per heavy atom. The Bertz CT molecular complexity index is 688. The van der Waals surface area contributed by atoms with Gasteiger partial charge in [-0.05, 0) is 24.6 Å². The molecule has 0 unspecified atom stereocenters. The minimum absolute atomic E-state index is 0. The van der Waals surface area contributed by atoms with Crippen LogP contribution in [0, 0.1) is 6.92 Å². The molecule has 18 heavy (non-hydrogen) atoms. The molecule has 0 saturated heterocycles. The fourth-order valence-electron chi connectivity index (χ4n) is 2.05. The van der Waals surface area contributed by atoms with Gasteiger partial charge in [-0.3, -0.25) is 4.40 Å². The SMILES string of the molecule is Cc1ccccc1-c1nc2ccccn2c1N.Cl. The zero-order valence-electron chi connectivity index (χ0n) is 10.00. The summed E-state index contributed by atoms with van der Waals surface area (Å²) < 4.78 is 1.90. The molecule has 0 spiro atoms. The molecule has 4 heteroatoms. The van der Waals surface area contributed by atoms with Crippen molar-refractivity contribution in [2.75, 3.05) is 5.73 Å². The second kappa shape index (κ2) is 4.70. The molecule has 0 aliphatic carbocycles. The van der Waals surface area contributed by atoms with Gasteiger partial charge in [0.25, 0.3) is 0 Å². The van der Waals surface area contributed by atoms with Crippen LogP contribution in [0.4, 0.5) is 5.82 Å². The molecular weight excluding hydrogens is 246 g/mol. The molecule has 0 aliphatic heterocycles. The van der Waals surface area contributed by atoms with Crippen molar-refractivity contribution in [2.45, 2.75) is 6.92 Å². The molecule has 0 aliphatic rings. The van der Waals surface area contributed by atoms with E-state index in [-0.39, 0.29) is 12.4 Å². The summed E-state index contributed by atoms with van der Waals surface area (Å²) in [7, 11) is 0. The molecule has 2 aromatic heterocycles. The Morgan fingerprint density at radius 2 is 1.78 bits per heavy atom. The van der Waals surface area contributed by atoms with Gasteiger partial charge < -0.3 is 5.73 Å². The maximum atomic E-state index is 6.14. The number of fused-ring (bicyclic) bond motifs is 1. The largest absolute Gasteiger partial charge is 0.383 e. The number of aromatic nitrogens is 2. The molecule has 3 nitrogen and oxygen atoms in total. The molecule has 1 aromatic carbocycles. The predicted octanol–water partition coefficient (Wildman–Crippen LogP) is 3.31. The van der Waals surface area contributed by atoms with E-state index in [9.17, 15) is 0 Å². The Labute approximate surface area is 112 Å². The van der Waals surface area contributed by atoms with Crippen molar-refractivity contribution in [1.82, 2.24) is 9.38 Å². The molecule has 0 atom stereocenters. The fraction of sp³-hybridized carbons (Fsp3) is 0.0714. The molecule has 0 saturated carbocycles. The number of hydrogen-bond donors (Lipinski definition) is 1. The number of anilines is 1. The van der Waals surface area contributed by atoms with Crippen molar-refractivity contribution in [1.29, 1.82) is 0 Å². The smallest absolute Gasteiger partial charge is 0.139 e. The first-order valence-corrected chi connectivity index (χ1v) is 5.56. The Balaban J connectivity index is 0.00000120. The summed E-state index contributed by atoms with van der Waals surface area (Å²) in [6, 6.07) is 14.0. The van der Waals surface area contributed by atoms with Crippen LogP contribution in [0.3, 0.4) is 0 Å². The van der Waals surface area contributed by atoms with Gasteiger partial charge in [0.15, 0.2) is 0 Å². The fourth-order valence-corrected chi connectivity index (χ4v) is 2.05. The van der Waals surface area contributed by atoms with Crippen molar-refractivity contribution < 1.29 is 0 Å². The summed E-state index contributed by atoms with van der Waals surface area (Å²) in [6.07, 6.45) is 1.93. The van der Waals surface area contributed by atoms with Crippen molar-refractivity contribution in [3.05, 3.63) is 54.2 Å². The maximum absolute atomic E-state index is 6.14. The standard InChI is InChI=1S/C14H13N3.ClH/c1-10-6-2-3-7-11(10)13-14(15)17-9-5-4-8-12(17)16-13;/h2-9H,15H2,1H3;1H. The van der Waals surface area contributed by atoms with Crippen LogP contribution in [-0.2, 0) is 0 Å². The van der Waals surface area contributed by atoms with Gasteiger partial charge in [-0.15, -0.1) is 12.4 Å². The summed E-state index contributed by atoms with van der Waals surface area (Å²) in [4.78, 5) is 4.58. The summed E-state index contributed by atoms with van der Waals surface area (Å²) in [5.74, 6) is 0.690. The van der Waals surface area contributed by atoms with Crippen LogP contribution in [0.15, 0.2) is 48.7 Å². The monoisotopic (exact) mass is 259 g/mol. The van der Waals surface area contributed by atoms with Gasteiger partial charge in [-0.25, -0.2) is 4.98 Å². The average Bonchev–Trinajstić information content (AvgIpc) is 2.68. The molecule has 92 valence electrons. The lowest BCUT2D eigenvalue weighted by Gasteiger charge is -2.02. The van der Waals surface area contributed by atoms with E-state index in [2.05, 4.69) is 18.0 Å². The Morgan fingerprint density at radius 3 is 2.50 bits per heavy atom. The number of nitrogen functional groups attached to an aromatic ring is 1. The highest BCUT2D eigenvalue weighted by atomic mass is 35.5. The second-order valence-electron chi connectivity index (χ2n) is 4.09. The van der Waals surface area contributed by atoms with E-state index in [1.165, 1.54) is 5.56 Å². The van der Waals surface area contributed by atoms with Crippen molar-refractivity contribution in [3.8, 4) is 11.3 Å². The number of nitrogens with zero attached hydrogens (tertiary/aromatic N) is 2. The van der Waals surface area contributed by atoms with E-state index < -0.39 is 0 Å². The van der Waals surface area contributed by atoms with Gasteiger partial charge >= 0.3 is 0 Å². The van der Waals surface area contributed by atoms with E-state index in [0.29, 0.717) is 5.82 Å². The van der Waals surface area contributed by atoms with E-state index >= 15 is 0 Å². The lowest BCUT2D eigenvalue weighted by Crippen LogP contribution is -1.94. The van der Waals surface area contributed by atoms with Gasteiger partial charge in [0, 0.05) is 11.8 Å². The predicted molar refractivity (Wildman–Crippen MR) is 77.0 cm³/mol. The molecular formula is C14H14ClN3. The zero-order chi connectivity index (χ0) is 11.8. The summed E-state index contributed by atoms with van der Waals surface area (Å²) in [5, 5.41) is 0. The lowest BCUT2D eigenvalue weighted by molar-refractivity contribution is 1.20. The number of halogens is 1. The first-order chi connectivity index (χ1) is 8.27. The minimum Gasteiger partial charge on any atom is -0.383 e. The summed E-state index contributed by atoms with van der Waals surface area (Å²) in [5.41, 5.74) is 10.1. The number of imidazole rings is 1. The highest BCUT2D eigenvalue weighted by Gasteiger charge is 2.11. The quantitative estimate of drug-likeness (QED) is 0.729. The van der Waals surface area contributed by atoms with Gasteiger partial charge in [-0.2, -0.15) is 0 Å². The van der Waals surface area contributed by atoms with Gasteiger partial charge in [0.05, 0.1) is 0 Å². The number of aryl methyl sites for hydroxylation is 1. The van der Waals surface area contributed by atoms with Crippen LogP contribution >= 0.6 is 12.4 Å². The normalized spacial score (nSPS) is 10.3. The highest BCUT2D eigenvalue weighted by Crippen LogP contribution is 2.28. The lowest BCUT2D eigenvalue weighted by atomic mass is 10.1. The van der Waals surface area contributed by atoms with Crippen molar-refractivity contribution >= 4 is 23.9 Å². The minimum atomic E-state index is 0. The zero-order valence-corrected chi connectivity index (χ0v) is 10.8. The maximum Gasteiger partial charge on any atom is 0.139 e. The number of pyridine rings is 1.